The van der Waals surface area contributed by atoms with Gasteiger partial charge in [0, 0.05) is 24.1 Å². The molecule has 158 valence electrons. The van der Waals surface area contributed by atoms with E-state index in [2.05, 4.69) is 0 Å². The van der Waals surface area contributed by atoms with Gasteiger partial charge in [-0.3, -0.25) is 9.59 Å². The number of carbonyl (C=O) groups excluding carboxylic acids is 2. The highest BCUT2D eigenvalue weighted by Crippen LogP contribution is 2.47. The van der Waals surface area contributed by atoms with E-state index in [1.807, 2.05) is 35.2 Å². The van der Waals surface area contributed by atoms with Crippen molar-refractivity contribution in [2.75, 3.05) is 13.2 Å². The van der Waals surface area contributed by atoms with Crippen molar-refractivity contribution in [3.63, 3.8) is 0 Å². The molecule has 0 unspecified atom stereocenters. The van der Waals surface area contributed by atoms with E-state index < -0.39 is 11.5 Å². The third kappa shape index (κ3) is 3.92. The van der Waals surface area contributed by atoms with Crippen LogP contribution in [0.3, 0.4) is 0 Å². The number of carbonyl (C=O) groups is 2. The molecule has 6 heteroatoms. The van der Waals surface area contributed by atoms with Gasteiger partial charge in [0.2, 0.25) is 0 Å². The van der Waals surface area contributed by atoms with Gasteiger partial charge in [-0.05, 0) is 43.0 Å². The highest BCUT2D eigenvalue weighted by molar-refractivity contribution is 5.95. The summed E-state index contributed by atoms with van der Waals surface area (Å²) in [6, 6.07) is 16.7. The van der Waals surface area contributed by atoms with Crippen molar-refractivity contribution in [1.82, 2.24) is 4.90 Å². The Morgan fingerprint density at radius 2 is 1.87 bits per heavy atom. The zero-order valence-corrected chi connectivity index (χ0v) is 17.0. The molecule has 2 amide bonds. The number of rotatable bonds is 5. The van der Waals surface area contributed by atoms with Gasteiger partial charge in [-0.15, -0.1) is 0 Å². The Balaban J connectivity index is 1.58. The highest BCUT2D eigenvalue weighted by Gasteiger charge is 2.50. The molecule has 4 rings (SSSR count). The second kappa shape index (κ2) is 8.48. The highest BCUT2D eigenvalue weighted by atomic mass is 16.5. The molecule has 6 nitrogen and oxygen atoms in total. The van der Waals surface area contributed by atoms with Gasteiger partial charge < -0.3 is 20.5 Å². The molecule has 1 heterocycles. The topological polar surface area (TPSA) is 92.9 Å². The van der Waals surface area contributed by atoms with E-state index in [9.17, 15) is 14.7 Å². The molecule has 0 bridgehead atoms. The van der Waals surface area contributed by atoms with Crippen LogP contribution in [0, 0.1) is 5.92 Å². The average molecular weight is 408 g/mol. The average Bonchev–Trinajstić information content (AvgIpc) is 2.78. The van der Waals surface area contributed by atoms with Crippen LogP contribution in [0.25, 0.3) is 0 Å². The minimum atomic E-state index is -0.907. The first-order valence-corrected chi connectivity index (χ1v) is 10.6. The summed E-state index contributed by atoms with van der Waals surface area (Å²) < 4.78 is 5.36. The molecule has 0 spiro atoms. The van der Waals surface area contributed by atoms with Gasteiger partial charge in [-0.2, -0.15) is 0 Å². The number of aliphatic hydroxyl groups is 1. The number of hydrogen-bond acceptors (Lipinski definition) is 4. The second-order valence-electron chi connectivity index (χ2n) is 8.28. The summed E-state index contributed by atoms with van der Waals surface area (Å²) in [5, 5.41) is 11.7. The molecule has 0 radical (unpaired) electrons. The summed E-state index contributed by atoms with van der Waals surface area (Å²) in [4.78, 5) is 26.3. The SMILES string of the molecule is NC(=O)COc1cccc(C(=O)N2CC[C@@](O)(c3ccccc3)[C@H]3CCCC[C@H]32)c1. The van der Waals surface area contributed by atoms with Crippen LogP contribution >= 0.6 is 0 Å². The van der Waals surface area contributed by atoms with Gasteiger partial charge in [-0.1, -0.05) is 49.2 Å². The molecular weight excluding hydrogens is 380 g/mol. The van der Waals surface area contributed by atoms with Gasteiger partial charge in [0.05, 0.1) is 5.60 Å². The number of likely N-dealkylation sites (tertiary alicyclic amines) is 1. The Morgan fingerprint density at radius 3 is 2.63 bits per heavy atom. The van der Waals surface area contributed by atoms with Crippen molar-refractivity contribution < 1.29 is 19.4 Å². The van der Waals surface area contributed by atoms with Crippen LogP contribution in [-0.4, -0.2) is 41.0 Å². The number of benzene rings is 2. The van der Waals surface area contributed by atoms with Crippen molar-refractivity contribution in [2.24, 2.45) is 11.7 Å². The lowest BCUT2D eigenvalue weighted by atomic mass is 9.66. The molecular formula is C24H28N2O4. The zero-order valence-electron chi connectivity index (χ0n) is 17.0. The number of nitrogens with two attached hydrogens (primary N) is 1. The summed E-state index contributed by atoms with van der Waals surface area (Å²) in [7, 11) is 0. The molecule has 1 aliphatic heterocycles. The van der Waals surface area contributed by atoms with Gasteiger partial charge in [0.25, 0.3) is 11.8 Å². The van der Waals surface area contributed by atoms with E-state index >= 15 is 0 Å². The minimum Gasteiger partial charge on any atom is -0.484 e. The maximum Gasteiger partial charge on any atom is 0.255 e. The molecule has 0 aromatic heterocycles. The van der Waals surface area contributed by atoms with Crippen LogP contribution in [0.1, 0.15) is 48.0 Å². The van der Waals surface area contributed by atoms with E-state index in [-0.39, 0.29) is 24.5 Å². The standard InChI is InChI=1S/C24H28N2O4/c25-22(27)16-30-19-10-6-7-17(15-19)23(28)26-14-13-24(29,18-8-2-1-3-9-18)20-11-4-5-12-21(20)26/h1-3,6-10,15,20-21,29H,4-5,11-14,16H2,(H2,25,27)/t20-,21+,24+/m0/s1. The number of nitrogens with zero attached hydrogens (tertiary/aromatic N) is 1. The predicted octanol–water partition coefficient (Wildman–Crippen LogP) is 2.84. The van der Waals surface area contributed by atoms with Crippen molar-refractivity contribution >= 4 is 11.8 Å². The molecule has 2 aliphatic rings. The van der Waals surface area contributed by atoms with Crippen molar-refractivity contribution in [3.05, 3.63) is 65.7 Å². The minimum absolute atomic E-state index is 0.000371. The van der Waals surface area contributed by atoms with Crippen molar-refractivity contribution in [3.8, 4) is 5.75 Å². The Kier molecular flexibility index (Phi) is 5.77. The molecule has 3 atom stereocenters. The molecule has 1 aliphatic carbocycles. The first-order valence-electron chi connectivity index (χ1n) is 10.6. The number of primary amides is 1. The predicted molar refractivity (Wildman–Crippen MR) is 113 cm³/mol. The van der Waals surface area contributed by atoms with E-state index in [1.54, 1.807) is 24.3 Å². The quantitative estimate of drug-likeness (QED) is 0.796. The van der Waals surface area contributed by atoms with Crippen LogP contribution in [-0.2, 0) is 10.4 Å². The first-order chi connectivity index (χ1) is 14.5. The molecule has 1 saturated carbocycles. The van der Waals surface area contributed by atoms with Crippen LogP contribution in [0.2, 0.25) is 0 Å². The lowest BCUT2D eigenvalue weighted by Gasteiger charge is -2.52. The van der Waals surface area contributed by atoms with Crippen molar-refractivity contribution in [2.45, 2.75) is 43.7 Å². The van der Waals surface area contributed by atoms with Crippen LogP contribution in [0.5, 0.6) is 5.75 Å². The first kappa shape index (κ1) is 20.4. The maximum atomic E-state index is 13.4. The van der Waals surface area contributed by atoms with Crippen LogP contribution < -0.4 is 10.5 Å². The third-order valence-electron chi connectivity index (χ3n) is 6.47. The second-order valence-corrected chi connectivity index (χ2v) is 8.28. The van der Waals surface area contributed by atoms with E-state index in [4.69, 9.17) is 10.5 Å². The summed E-state index contributed by atoms with van der Waals surface area (Å²) in [6.07, 6.45) is 4.43. The fraction of sp³-hybridized carbons (Fsp3) is 0.417. The fourth-order valence-electron chi connectivity index (χ4n) is 5.06. The lowest BCUT2D eigenvalue weighted by Crippen LogP contribution is -2.58. The van der Waals surface area contributed by atoms with E-state index in [0.717, 1.165) is 31.2 Å². The van der Waals surface area contributed by atoms with Gasteiger partial charge >= 0.3 is 0 Å². The number of ether oxygens (including phenoxy) is 1. The Bertz CT molecular complexity index is 916. The number of amides is 2. The normalized spacial score (nSPS) is 26.0. The molecule has 2 fully saturated rings. The Hall–Kier alpha value is -2.86. The number of fused-ring (bicyclic) bond motifs is 1. The van der Waals surface area contributed by atoms with Gasteiger partial charge in [0.15, 0.2) is 6.61 Å². The summed E-state index contributed by atoms with van der Waals surface area (Å²) in [5.41, 5.74) is 5.69. The van der Waals surface area contributed by atoms with E-state index in [1.165, 1.54) is 0 Å². The summed E-state index contributed by atoms with van der Waals surface area (Å²) in [6.45, 7) is 0.272. The van der Waals surface area contributed by atoms with Crippen molar-refractivity contribution in [1.29, 1.82) is 0 Å². The molecule has 1 saturated heterocycles. The summed E-state index contributed by atoms with van der Waals surface area (Å²) >= 11 is 0. The number of piperidine rings is 1. The molecule has 2 aromatic carbocycles. The Morgan fingerprint density at radius 1 is 1.10 bits per heavy atom. The molecule has 30 heavy (non-hydrogen) atoms. The maximum absolute atomic E-state index is 13.4. The fourth-order valence-corrected chi connectivity index (χ4v) is 5.06. The largest absolute Gasteiger partial charge is 0.484 e. The van der Waals surface area contributed by atoms with E-state index in [0.29, 0.717) is 24.3 Å². The smallest absolute Gasteiger partial charge is 0.255 e. The van der Waals surface area contributed by atoms with Crippen LogP contribution in [0.15, 0.2) is 54.6 Å². The van der Waals surface area contributed by atoms with Gasteiger partial charge in [0.1, 0.15) is 5.75 Å². The lowest BCUT2D eigenvalue weighted by molar-refractivity contribution is -0.119. The van der Waals surface area contributed by atoms with Gasteiger partial charge in [-0.25, -0.2) is 0 Å². The molecule has 3 N–H and O–H groups in total. The number of hydrogen-bond donors (Lipinski definition) is 2. The monoisotopic (exact) mass is 408 g/mol. The molecule has 2 aromatic rings. The van der Waals surface area contributed by atoms with Crippen LogP contribution in [0.4, 0.5) is 0 Å². The Labute approximate surface area is 176 Å². The third-order valence-corrected chi connectivity index (χ3v) is 6.47. The zero-order chi connectivity index (χ0) is 21.1. The summed E-state index contributed by atoms with van der Waals surface area (Å²) in [5.74, 6) is -0.169.